The first kappa shape index (κ1) is 12.8. The summed E-state index contributed by atoms with van der Waals surface area (Å²) in [6.45, 7) is 2.05. The molecule has 0 aliphatic carbocycles. The van der Waals surface area contributed by atoms with Crippen LogP contribution in [0.4, 0.5) is 10.1 Å². The Hall–Kier alpha value is -1.60. The molecule has 1 saturated heterocycles. The summed E-state index contributed by atoms with van der Waals surface area (Å²) in [5.41, 5.74) is 1.24. The van der Waals surface area contributed by atoms with E-state index in [9.17, 15) is 4.39 Å². The molecule has 0 radical (unpaired) electrons. The van der Waals surface area contributed by atoms with Gasteiger partial charge in [-0.3, -0.25) is 0 Å². The van der Waals surface area contributed by atoms with Gasteiger partial charge in [0.15, 0.2) is 0 Å². The van der Waals surface area contributed by atoms with Crippen molar-refractivity contribution in [2.24, 2.45) is 0 Å². The second kappa shape index (κ2) is 5.83. The summed E-state index contributed by atoms with van der Waals surface area (Å²) in [7, 11) is 1.99. The molecule has 0 spiro atoms. The molecule has 1 heterocycles. The van der Waals surface area contributed by atoms with E-state index in [0.29, 0.717) is 11.6 Å². The summed E-state index contributed by atoms with van der Waals surface area (Å²) in [4.78, 5) is 2.12. The molecule has 1 aliphatic rings. The van der Waals surface area contributed by atoms with E-state index in [1.807, 2.05) is 7.05 Å². The molecule has 2 rings (SSSR count). The number of hydrogen-bond donors (Lipinski definition) is 1. The van der Waals surface area contributed by atoms with Crippen LogP contribution < -0.4 is 10.2 Å². The van der Waals surface area contributed by atoms with Gasteiger partial charge in [-0.15, -0.1) is 0 Å². The van der Waals surface area contributed by atoms with E-state index >= 15 is 0 Å². The predicted octanol–water partition coefficient (Wildman–Crippen LogP) is 2.28. The number of nitrogens with one attached hydrogen (secondary N) is 1. The molecule has 1 aromatic rings. The highest BCUT2D eigenvalue weighted by molar-refractivity contribution is 5.59. The summed E-state index contributed by atoms with van der Waals surface area (Å²) < 4.78 is 13.1. The second-order valence-corrected chi connectivity index (χ2v) is 4.72. The summed E-state index contributed by atoms with van der Waals surface area (Å²) in [6, 6.07) is 6.91. The molecule has 0 saturated carbocycles. The first-order valence-corrected chi connectivity index (χ1v) is 6.35. The summed E-state index contributed by atoms with van der Waals surface area (Å²) >= 11 is 0. The Morgan fingerprint density at radius 3 is 3.00 bits per heavy atom. The van der Waals surface area contributed by atoms with Crippen molar-refractivity contribution in [1.29, 1.82) is 5.26 Å². The number of halogens is 1. The van der Waals surface area contributed by atoms with E-state index in [1.54, 1.807) is 6.07 Å². The van der Waals surface area contributed by atoms with Gasteiger partial charge in [-0.1, -0.05) is 0 Å². The molecule has 0 amide bonds. The topological polar surface area (TPSA) is 39.1 Å². The van der Waals surface area contributed by atoms with Gasteiger partial charge in [0.2, 0.25) is 0 Å². The summed E-state index contributed by atoms with van der Waals surface area (Å²) in [6.07, 6.45) is 3.29. The second-order valence-electron chi connectivity index (χ2n) is 4.72. The van der Waals surface area contributed by atoms with Gasteiger partial charge < -0.3 is 10.2 Å². The van der Waals surface area contributed by atoms with Gasteiger partial charge in [-0.05, 0) is 50.6 Å². The fraction of sp³-hybridized carbons (Fsp3) is 0.500. The highest BCUT2D eigenvalue weighted by Crippen LogP contribution is 2.24. The molecule has 0 bridgehead atoms. The smallest absolute Gasteiger partial charge is 0.124 e. The third-order valence-electron chi connectivity index (χ3n) is 3.55. The minimum Gasteiger partial charge on any atom is -0.370 e. The molecule has 18 heavy (non-hydrogen) atoms. The fourth-order valence-electron chi connectivity index (χ4n) is 2.49. The SMILES string of the molecule is CN(c1ccc(F)cc1C#N)C1CCCNCC1. The standard InChI is InChI=1S/C14H18FN3/c1-18(13-3-2-7-17-8-6-13)14-5-4-12(15)9-11(14)10-16/h4-5,9,13,17H,2-3,6-8H2,1H3. The van der Waals surface area contributed by atoms with Crippen LogP contribution in [0.25, 0.3) is 0 Å². The van der Waals surface area contributed by atoms with Crippen molar-refractivity contribution in [2.75, 3.05) is 25.0 Å². The van der Waals surface area contributed by atoms with Gasteiger partial charge in [0.1, 0.15) is 11.9 Å². The highest BCUT2D eigenvalue weighted by atomic mass is 19.1. The molecule has 0 aromatic heterocycles. The molecular weight excluding hydrogens is 229 g/mol. The average Bonchev–Trinajstić information content (AvgIpc) is 2.66. The van der Waals surface area contributed by atoms with Crippen LogP contribution in [0.2, 0.25) is 0 Å². The van der Waals surface area contributed by atoms with Crippen molar-refractivity contribution in [1.82, 2.24) is 5.32 Å². The molecule has 96 valence electrons. The maximum atomic E-state index is 13.1. The number of hydrogen-bond acceptors (Lipinski definition) is 3. The Labute approximate surface area is 107 Å². The summed E-state index contributed by atoms with van der Waals surface area (Å²) in [5.74, 6) is -0.355. The minimum atomic E-state index is -0.355. The van der Waals surface area contributed by atoms with Crippen molar-refractivity contribution in [2.45, 2.75) is 25.3 Å². The zero-order chi connectivity index (χ0) is 13.0. The largest absolute Gasteiger partial charge is 0.370 e. The first-order valence-electron chi connectivity index (χ1n) is 6.35. The highest BCUT2D eigenvalue weighted by Gasteiger charge is 2.19. The monoisotopic (exact) mass is 247 g/mol. The van der Waals surface area contributed by atoms with E-state index in [0.717, 1.165) is 38.0 Å². The molecule has 1 aliphatic heterocycles. The third kappa shape index (κ3) is 2.80. The lowest BCUT2D eigenvalue weighted by Gasteiger charge is -2.29. The minimum absolute atomic E-state index is 0.355. The predicted molar refractivity (Wildman–Crippen MR) is 70.0 cm³/mol. The number of anilines is 1. The Kier molecular flexibility index (Phi) is 4.16. The van der Waals surface area contributed by atoms with Gasteiger partial charge in [0.25, 0.3) is 0 Å². The lowest BCUT2D eigenvalue weighted by molar-refractivity contribution is 0.565. The van der Waals surface area contributed by atoms with Crippen molar-refractivity contribution < 1.29 is 4.39 Å². The Morgan fingerprint density at radius 1 is 1.39 bits per heavy atom. The van der Waals surface area contributed by atoms with Crippen molar-refractivity contribution in [3.63, 3.8) is 0 Å². The van der Waals surface area contributed by atoms with Crippen LogP contribution >= 0.6 is 0 Å². The van der Waals surface area contributed by atoms with E-state index < -0.39 is 0 Å². The van der Waals surface area contributed by atoms with Crippen LogP contribution in [0.3, 0.4) is 0 Å². The van der Waals surface area contributed by atoms with Crippen molar-refractivity contribution in [3.8, 4) is 6.07 Å². The van der Waals surface area contributed by atoms with Gasteiger partial charge in [-0.2, -0.15) is 5.26 Å². The van der Waals surface area contributed by atoms with Crippen molar-refractivity contribution >= 4 is 5.69 Å². The van der Waals surface area contributed by atoms with Crippen LogP contribution in [0.15, 0.2) is 18.2 Å². The van der Waals surface area contributed by atoms with E-state index in [2.05, 4.69) is 16.3 Å². The summed E-state index contributed by atoms with van der Waals surface area (Å²) in [5, 5.41) is 12.5. The zero-order valence-electron chi connectivity index (χ0n) is 10.6. The van der Waals surface area contributed by atoms with Crippen LogP contribution in [-0.2, 0) is 0 Å². The van der Waals surface area contributed by atoms with Gasteiger partial charge in [0.05, 0.1) is 11.3 Å². The molecule has 1 unspecified atom stereocenters. The number of benzene rings is 1. The van der Waals surface area contributed by atoms with E-state index in [1.165, 1.54) is 12.1 Å². The quantitative estimate of drug-likeness (QED) is 0.871. The normalized spacial score (nSPS) is 19.9. The van der Waals surface area contributed by atoms with Crippen molar-refractivity contribution in [3.05, 3.63) is 29.6 Å². The van der Waals surface area contributed by atoms with E-state index in [4.69, 9.17) is 5.26 Å². The van der Waals surface area contributed by atoms with Gasteiger partial charge in [-0.25, -0.2) is 4.39 Å². The lowest BCUT2D eigenvalue weighted by atomic mass is 10.1. The van der Waals surface area contributed by atoms with Gasteiger partial charge >= 0.3 is 0 Å². The molecular formula is C14H18FN3. The molecule has 1 N–H and O–H groups in total. The maximum Gasteiger partial charge on any atom is 0.124 e. The molecule has 1 aromatic carbocycles. The Morgan fingerprint density at radius 2 is 2.22 bits per heavy atom. The molecule has 1 atom stereocenters. The molecule has 1 fully saturated rings. The van der Waals surface area contributed by atoms with Gasteiger partial charge in [0, 0.05) is 13.1 Å². The van der Waals surface area contributed by atoms with Crippen LogP contribution in [-0.4, -0.2) is 26.2 Å². The maximum absolute atomic E-state index is 13.1. The van der Waals surface area contributed by atoms with Crippen LogP contribution in [0.5, 0.6) is 0 Å². The third-order valence-corrected chi connectivity index (χ3v) is 3.55. The first-order chi connectivity index (χ1) is 8.72. The molecule has 4 heteroatoms. The lowest BCUT2D eigenvalue weighted by Crippen LogP contribution is -2.32. The van der Waals surface area contributed by atoms with Crippen LogP contribution in [0, 0.1) is 17.1 Å². The number of nitriles is 1. The fourth-order valence-corrected chi connectivity index (χ4v) is 2.49. The van der Waals surface area contributed by atoms with Crippen LogP contribution in [0.1, 0.15) is 24.8 Å². The Balaban J connectivity index is 2.22. The van der Waals surface area contributed by atoms with E-state index in [-0.39, 0.29) is 5.82 Å². The molecule has 3 nitrogen and oxygen atoms in total. The zero-order valence-corrected chi connectivity index (χ0v) is 10.6. The Bertz CT molecular complexity index is 445. The number of rotatable bonds is 2. The number of nitrogens with zero attached hydrogens (tertiary/aromatic N) is 2. The average molecular weight is 247 g/mol.